The highest BCUT2D eigenvalue weighted by molar-refractivity contribution is 6.20. The molecule has 6 aromatic rings. The minimum absolute atomic E-state index is 0.970. The summed E-state index contributed by atoms with van der Waals surface area (Å²) in [6, 6.07) is 26.3. The molecule has 2 aromatic heterocycles. The van der Waals surface area contributed by atoms with Gasteiger partial charge in [0.1, 0.15) is 11.0 Å². The molecule has 142 valence electrons. The van der Waals surface area contributed by atoms with Crippen LogP contribution in [0.25, 0.3) is 66.8 Å². The van der Waals surface area contributed by atoms with Crippen LogP contribution in [0.15, 0.2) is 77.2 Å². The lowest BCUT2D eigenvalue weighted by atomic mass is 9.99. The lowest BCUT2D eigenvalue weighted by Gasteiger charge is -2.04. The van der Waals surface area contributed by atoms with E-state index in [2.05, 4.69) is 89.9 Å². The number of aromatic nitrogens is 1. The van der Waals surface area contributed by atoms with Crippen molar-refractivity contribution in [3.05, 3.63) is 83.4 Å². The zero-order chi connectivity index (χ0) is 19.7. The van der Waals surface area contributed by atoms with Crippen molar-refractivity contribution in [3.8, 4) is 11.1 Å². The van der Waals surface area contributed by atoms with Crippen molar-refractivity contribution < 1.29 is 4.42 Å². The number of aromatic amines is 1. The molecule has 0 bridgehead atoms. The van der Waals surface area contributed by atoms with Crippen molar-refractivity contribution in [3.63, 3.8) is 0 Å². The van der Waals surface area contributed by atoms with Gasteiger partial charge in [0.2, 0.25) is 0 Å². The molecule has 2 nitrogen and oxygen atoms in total. The number of H-pyrrole nitrogens is 1. The van der Waals surface area contributed by atoms with Gasteiger partial charge >= 0.3 is 0 Å². The second-order valence-electron chi connectivity index (χ2n) is 8.17. The fourth-order valence-electron chi connectivity index (χ4n) is 4.97. The van der Waals surface area contributed by atoms with Gasteiger partial charge in [0.15, 0.2) is 0 Å². The Morgan fingerprint density at radius 3 is 2.43 bits per heavy atom. The van der Waals surface area contributed by atoms with E-state index in [4.69, 9.17) is 4.42 Å². The van der Waals surface area contributed by atoms with Gasteiger partial charge in [0.25, 0.3) is 0 Å². The van der Waals surface area contributed by atoms with Crippen LogP contribution in [0.1, 0.15) is 12.8 Å². The molecule has 0 fully saturated rings. The number of rotatable bonds is 1. The predicted octanol–water partition coefficient (Wildman–Crippen LogP) is 6.24. The van der Waals surface area contributed by atoms with Crippen LogP contribution in [-0.2, 0) is 0 Å². The molecule has 0 unspecified atom stereocenters. The number of hydrogen-bond donors (Lipinski definition) is 1. The van der Waals surface area contributed by atoms with Gasteiger partial charge in [-0.05, 0) is 71.1 Å². The molecule has 1 aliphatic rings. The van der Waals surface area contributed by atoms with E-state index in [9.17, 15) is 0 Å². The molecule has 1 N–H and O–H groups in total. The van der Waals surface area contributed by atoms with Crippen LogP contribution in [0.2, 0.25) is 0 Å². The van der Waals surface area contributed by atoms with Crippen molar-refractivity contribution in [2.45, 2.75) is 12.8 Å². The van der Waals surface area contributed by atoms with Crippen LogP contribution in [0.3, 0.4) is 0 Å². The van der Waals surface area contributed by atoms with E-state index in [1.165, 1.54) is 54.3 Å². The highest BCUT2D eigenvalue weighted by atomic mass is 16.3. The van der Waals surface area contributed by atoms with Gasteiger partial charge in [-0.1, -0.05) is 48.5 Å². The Kier molecular flexibility index (Phi) is 3.14. The number of nitrogens with one attached hydrogen (secondary N) is 1. The van der Waals surface area contributed by atoms with Gasteiger partial charge in [-0.15, -0.1) is 0 Å². The van der Waals surface area contributed by atoms with Crippen LogP contribution in [0, 0.1) is 0 Å². The Balaban J connectivity index is 1.51. The Bertz CT molecular complexity index is 1750. The molecule has 2 heteroatoms. The van der Waals surface area contributed by atoms with E-state index < -0.39 is 0 Å². The number of fused-ring (bicyclic) bond motifs is 8. The summed E-state index contributed by atoms with van der Waals surface area (Å²) in [5.41, 5.74) is 6.80. The summed E-state index contributed by atoms with van der Waals surface area (Å²) in [7, 11) is 0. The number of benzene rings is 4. The maximum absolute atomic E-state index is 6.05. The molecule has 7 rings (SSSR count). The van der Waals surface area contributed by atoms with Gasteiger partial charge in [0.05, 0.1) is 0 Å². The summed E-state index contributed by atoms with van der Waals surface area (Å²) in [6.07, 6.45) is 6.66. The molecule has 0 radical (unpaired) electrons. The molecule has 0 atom stereocenters. The highest BCUT2D eigenvalue weighted by Crippen LogP contribution is 2.35. The molecular formula is C28H19NO. The molecular weight excluding hydrogens is 366 g/mol. The van der Waals surface area contributed by atoms with Gasteiger partial charge in [-0.2, -0.15) is 0 Å². The third-order valence-corrected chi connectivity index (χ3v) is 6.42. The van der Waals surface area contributed by atoms with Crippen LogP contribution < -0.4 is 10.6 Å². The predicted molar refractivity (Wildman–Crippen MR) is 126 cm³/mol. The third kappa shape index (κ3) is 2.19. The first-order valence-corrected chi connectivity index (χ1v) is 10.5. The monoisotopic (exact) mass is 385 g/mol. The average molecular weight is 385 g/mol. The standard InChI is InChI=1S/C28H19NO/c1-2-6-20-17(5-1)9-13-25-28(20)23-16-18(10-12-24(23)29-25)19-11-14-27-22(15-19)21-7-3-4-8-26(21)30-27/h1-2,5-16,29H,3-4H2. The van der Waals surface area contributed by atoms with Crippen LogP contribution in [0.5, 0.6) is 0 Å². The van der Waals surface area contributed by atoms with Crippen molar-refractivity contribution in [1.82, 2.24) is 4.98 Å². The Hall–Kier alpha value is -3.78. The minimum atomic E-state index is 0.970. The summed E-state index contributed by atoms with van der Waals surface area (Å²) in [5.74, 6) is 0. The summed E-state index contributed by atoms with van der Waals surface area (Å²) in [5, 5.41) is 7.60. The second kappa shape index (κ2) is 5.87. The Morgan fingerprint density at radius 1 is 0.667 bits per heavy atom. The average Bonchev–Trinajstić information content (AvgIpc) is 3.36. The fraction of sp³-hybridized carbons (Fsp3) is 0.0714. The van der Waals surface area contributed by atoms with E-state index in [1.54, 1.807) is 0 Å². The van der Waals surface area contributed by atoms with Gasteiger partial charge < -0.3 is 9.40 Å². The second-order valence-corrected chi connectivity index (χ2v) is 8.17. The lowest BCUT2D eigenvalue weighted by molar-refractivity contribution is 0.572. The van der Waals surface area contributed by atoms with Gasteiger partial charge in [0, 0.05) is 32.4 Å². The fourth-order valence-corrected chi connectivity index (χ4v) is 4.97. The normalized spacial score (nSPS) is 13.6. The lowest BCUT2D eigenvalue weighted by Crippen LogP contribution is -2.22. The molecule has 0 saturated heterocycles. The van der Waals surface area contributed by atoms with Crippen molar-refractivity contribution in [2.24, 2.45) is 0 Å². The SMILES string of the molecule is C1=c2oc3ccc(-c4ccc5[nH]c6ccc7ccccc7c6c5c4)cc3c2=CCC1. The van der Waals surface area contributed by atoms with Crippen molar-refractivity contribution in [2.75, 3.05) is 0 Å². The van der Waals surface area contributed by atoms with Crippen molar-refractivity contribution >= 4 is 55.7 Å². The summed E-state index contributed by atoms with van der Waals surface area (Å²) >= 11 is 0. The molecule has 30 heavy (non-hydrogen) atoms. The topological polar surface area (TPSA) is 28.9 Å². The summed E-state index contributed by atoms with van der Waals surface area (Å²) < 4.78 is 6.05. The molecule has 0 amide bonds. The largest absolute Gasteiger partial charge is 0.456 e. The van der Waals surface area contributed by atoms with E-state index in [1.807, 2.05) is 0 Å². The van der Waals surface area contributed by atoms with E-state index >= 15 is 0 Å². The highest BCUT2D eigenvalue weighted by Gasteiger charge is 2.11. The number of furan rings is 1. The smallest absolute Gasteiger partial charge is 0.135 e. The maximum atomic E-state index is 6.05. The Morgan fingerprint density at radius 2 is 1.47 bits per heavy atom. The first-order chi connectivity index (χ1) is 14.8. The molecule has 2 heterocycles. The van der Waals surface area contributed by atoms with Gasteiger partial charge in [-0.25, -0.2) is 0 Å². The van der Waals surface area contributed by atoms with Gasteiger partial charge in [-0.3, -0.25) is 0 Å². The minimum Gasteiger partial charge on any atom is -0.456 e. The molecule has 4 aromatic carbocycles. The van der Waals surface area contributed by atoms with E-state index in [-0.39, 0.29) is 0 Å². The number of hydrogen-bond acceptors (Lipinski definition) is 1. The molecule has 0 aliphatic heterocycles. The van der Waals surface area contributed by atoms with Crippen LogP contribution in [0.4, 0.5) is 0 Å². The maximum Gasteiger partial charge on any atom is 0.135 e. The zero-order valence-corrected chi connectivity index (χ0v) is 16.4. The first-order valence-electron chi connectivity index (χ1n) is 10.5. The summed E-state index contributed by atoms with van der Waals surface area (Å²) in [4.78, 5) is 3.59. The quantitative estimate of drug-likeness (QED) is 0.356. The Labute approximate surface area is 172 Å². The molecule has 1 aliphatic carbocycles. The van der Waals surface area contributed by atoms with E-state index in [0.29, 0.717) is 0 Å². The van der Waals surface area contributed by atoms with Crippen molar-refractivity contribution in [1.29, 1.82) is 0 Å². The third-order valence-electron chi connectivity index (χ3n) is 6.42. The van der Waals surface area contributed by atoms with Crippen LogP contribution >= 0.6 is 0 Å². The molecule has 0 spiro atoms. The molecule has 0 saturated carbocycles. The zero-order valence-electron chi connectivity index (χ0n) is 16.4. The first kappa shape index (κ1) is 16.1. The van der Waals surface area contributed by atoms with E-state index in [0.717, 1.165) is 23.8 Å². The summed E-state index contributed by atoms with van der Waals surface area (Å²) in [6.45, 7) is 0. The van der Waals surface area contributed by atoms with Crippen LogP contribution in [-0.4, -0.2) is 4.98 Å².